The van der Waals surface area contributed by atoms with E-state index in [-0.39, 0.29) is 10.6 Å². The van der Waals surface area contributed by atoms with Gasteiger partial charge in [-0.15, -0.1) is 0 Å². The molecule has 0 atom stereocenters. The molecule has 178 valence electrons. The van der Waals surface area contributed by atoms with Gasteiger partial charge in [-0.25, -0.2) is 13.4 Å². The minimum Gasteiger partial charge on any atom is -0.435 e. The molecule has 1 aliphatic rings. The van der Waals surface area contributed by atoms with Crippen molar-refractivity contribution < 1.29 is 26.7 Å². The number of thioether (sulfide) groups is 1. The Morgan fingerprint density at radius 3 is 2.55 bits per heavy atom. The molecule has 1 aliphatic heterocycles. The van der Waals surface area contributed by atoms with E-state index in [1.165, 1.54) is 28.2 Å². The quantitative estimate of drug-likeness (QED) is 0.409. The van der Waals surface area contributed by atoms with Gasteiger partial charge in [-0.3, -0.25) is 0 Å². The smallest absolute Gasteiger partial charge is 0.387 e. The molecule has 1 aromatic heterocycles. The minimum absolute atomic E-state index is 0.117. The molecule has 11 heteroatoms. The van der Waals surface area contributed by atoms with Crippen molar-refractivity contribution in [2.45, 2.75) is 42.3 Å². The maximum absolute atomic E-state index is 13.0. The van der Waals surface area contributed by atoms with Crippen molar-refractivity contribution in [3.8, 4) is 5.75 Å². The Morgan fingerprint density at radius 1 is 1.15 bits per heavy atom. The zero-order valence-electron chi connectivity index (χ0n) is 18.1. The number of aryl methyl sites for hydroxylation is 1. The number of hydrogen-bond donors (Lipinski definition) is 0. The highest BCUT2D eigenvalue weighted by Gasteiger charge is 2.27. The van der Waals surface area contributed by atoms with Gasteiger partial charge in [-0.1, -0.05) is 30.8 Å². The summed E-state index contributed by atoms with van der Waals surface area (Å²) in [6.45, 7) is 1.43. The largest absolute Gasteiger partial charge is 0.435 e. The standard InChI is InChI=1S/C22H25F2N3O4S2/c1-2-9-27-20-8-7-18(33(28,29)26-10-12-30-13-11-26)14-19(20)25-22(27)32-15-16-3-5-17(6-4-16)31-21(23)24/h3-8,14,21H,2,9-13,15H2,1H3. The number of morpholine rings is 1. The topological polar surface area (TPSA) is 73.7 Å². The van der Waals surface area contributed by atoms with E-state index in [9.17, 15) is 17.2 Å². The second-order valence-electron chi connectivity index (χ2n) is 7.52. The van der Waals surface area contributed by atoms with Crippen molar-refractivity contribution in [2.75, 3.05) is 26.3 Å². The van der Waals surface area contributed by atoms with Crippen LogP contribution in [0.4, 0.5) is 8.78 Å². The molecular weight excluding hydrogens is 472 g/mol. The van der Waals surface area contributed by atoms with Gasteiger partial charge in [0.05, 0.1) is 29.1 Å². The van der Waals surface area contributed by atoms with Gasteiger partial charge in [0, 0.05) is 25.4 Å². The number of fused-ring (bicyclic) bond motifs is 1. The number of ether oxygens (including phenoxy) is 2. The molecule has 0 unspecified atom stereocenters. The molecule has 7 nitrogen and oxygen atoms in total. The Labute approximate surface area is 195 Å². The van der Waals surface area contributed by atoms with E-state index in [4.69, 9.17) is 9.72 Å². The Morgan fingerprint density at radius 2 is 1.88 bits per heavy atom. The van der Waals surface area contributed by atoms with Crippen LogP contribution in [0.15, 0.2) is 52.5 Å². The normalized spacial score (nSPS) is 15.4. The lowest BCUT2D eigenvalue weighted by molar-refractivity contribution is -0.0498. The number of rotatable bonds is 9. The lowest BCUT2D eigenvalue weighted by Gasteiger charge is -2.26. The number of sulfonamides is 1. The Balaban J connectivity index is 1.57. The number of alkyl halides is 2. The molecule has 0 bridgehead atoms. The summed E-state index contributed by atoms with van der Waals surface area (Å²) in [6, 6.07) is 11.6. The zero-order valence-corrected chi connectivity index (χ0v) is 19.7. The fourth-order valence-corrected chi connectivity index (χ4v) is 6.07. The summed E-state index contributed by atoms with van der Waals surface area (Å²) in [5.74, 6) is 0.701. The second-order valence-corrected chi connectivity index (χ2v) is 10.4. The Bertz CT molecular complexity index is 1190. The fourth-order valence-electron chi connectivity index (χ4n) is 3.65. The van der Waals surface area contributed by atoms with Crippen molar-refractivity contribution in [1.82, 2.24) is 13.9 Å². The SMILES string of the molecule is CCCn1c(SCc2ccc(OC(F)F)cc2)nc2cc(S(=O)(=O)N3CCOCC3)ccc21. The molecule has 0 spiro atoms. The van der Waals surface area contributed by atoms with Crippen LogP contribution in [-0.4, -0.2) is 55.2 Å². The van der Waals surface area contributed by atoms with Crippen molar-refractivity contribution >= 4 is 32.8 Å². The van der Waals surface area contributed by atoms with Crippen LogP contribution in [0.1, 0.15) is 18.9 Å². The third kappa shape index (κ3) is 5.48. The fraction of sp³-hybridized carbons (Fsp3) is 0.409. The molecule has 1 saturated heterocycles. The molecule has 2 heterocycles. The van der Waals surface area contributed by atoms with Crippen LogP contribution in [0.3, 0.4) is 0 Å². The predicted octanol–water partition coefficient (Wildman–Crippen LogP) is 4.36. The van der Waals surface area contributed by atoms with Gasteiger partial charge in [0.1, 0.15) is 5.75 Å². The van der Waals surface area contributed by atoms with Crippen LogP contribution < -0.4 is 4.74 Å². The van der Waals surface area contributed by atoms with Gasteiger partial charge in [-0.05, 0) is 42.3 Å². The van der Waals surface area contributed by atoms with Crippen molar-refractivity contribution in [3.63, 3.8) is 0 Å². The maximum atomic E-state index is 13.0. The first-order chi connectivity index (χ1) is 15.9. The molecule has 0 amide bonds. The predicted molar refractivity (Wildman–Crippen MR) is 122 cm³/mol. The second kappa shape index (κ2) is 10.4. The minimum atomic E-state index is -3.61. The van der Waals surface area contributed by atoms with Crippen molar-refractivity contribution in [2.24, 2.45) is 0 Å². The maximum Gasteiger partial charge on any atom is 0.387 e. The zero-order chi connectivity index (χ0) is 23.4. The van der Waals surface area contributed by atoms with E-state index in [1.54, 1.807) is 24.3 Å². The van der Waals surface area contributed by atoms with Gasteiger partial charge in [-0.2, -0.15) is 13.1 Å². The first kappa shape index (κ1) is 23.9. The van der Waals surface area contributed by atoms with Gasteiger partial charge >= 0.3 is 6.61 Å². The molecule has 4 rings (SSSR count). The Hall–Kier alpha value is -2.21. The summed E-state index contributed by atoms with van der Waals surface area (Å²) in [4.78, 5) is 4.94. The molecule has 0 saturated carbocycles. The molecule has 2 aromatic carbocycles. The number of imidazole rings is 1. The summed E-state index contributed by atoms with van der Waals surface area (Å²) in [5.41, 5.74) is 2.44. The summed E-state index contributed by atoms with van der Waals surface area (Å²) in [6.07, 6.45) is 0.895. The summed E-state index contributed by atoms with van der Waals surface area (Å²) < 4.78 is 63.9. The molecule has 0 radical (unpaired) electrons. The van der Waals surface area contributed by atoms with Gasteiger partial charge in [0.2, 0.25) is 10.0 Å². The summed E-state index contributed by atoms with van der Waals surface area (Å²) in [7, 11) is -3.61. The Kier molecular flexibility index (Phi) is 7.52. The molecule has 3 aromatic rings. The lowest BCUT2D eigenvalue weighted by atomic mass is 10.2. The molecular formula is C22H25F2N3O4S2. The number of benzene rings is 2. The molecule has 1 fully saturated rings. The number of aromatic nitrogens is 2. The van der Waals surface area contributed by atoms with E-state index in [1.807, 2.05) is 6.07 Å². The van der Waals surface area contributed by atoms with Crippen LogP contribution in [0, 0.1) is 0 Å². The third-order valence-corrected chi connectivity index (χ3v) is 8.20. The highest BCUT2D eigenvalue weighted by atomic mass is 32.2. The lowest BCUT2D eigenvalue weighted by Crippen LogP contribution is -2.40. The third-order valence-electron chi connectivity index (χ3n) is 5.26. The van der Waals surface area contributed by atoms with Crippen LogP contribution in [0.25, 0.3) is 11.0 Å². The van der Waals surface area contributed by atoms with Gasteiger partial charge < -0.3 is 14.0 Å². The molecule has 0 N–H and O–H groups in total. The van der Waals surface area contributed by atoms with Gasteiger partial charge in [0.15, 0.2) is 5.16 Å². The monoisotopic (exact) mass is 497 g/mol. The van der Waals surface area contributed by atoms with Crippen molar-refractivity contribution in [3.05, 3.63) is 48.0 Å². The number of nitrogens with zero attached hydrogens (tertiary/aromatic N) is 3. The first-order valence-electron chi connectivity index (χ1n) is 10.6. The van der Waals surface area contributed by atoms with E-state index in [0.29, 0.717) is 37.6 Å². The van der Waals surface area contributed by atoms with Crippen LogP contribution in [0.2, 0.25) is 0 Å². The molecule has 0 aliphatic carbocycles. The van der Waals surface area contributed by atoms with Crippen molar-refractivity contribution in [1.29, 1.82) is 0 Å². The average Bonchev–Trinajstić information content (AvgIpc) is 3.16. The van der Waals surface area contributed by atoms with Crippen LogP contribution in [-0.2, 0) is 27.1 Å². The highest BCUT2D eigenvalue weighted by molar-refractivity contribution is 7.98. The number of hydrogen-bond acceptors (Lipinski definition) is 6. The van der Waals surface area contributed by atoms with Crippen LogP contribution in [0.5, 0.6) is 5.75 Å². The van der Waals surface area contributed by atoms with E-state index in [0.717, 1.165) is 29.2 Å². The van der Waals surface area contributed by atoms with E-state index >= 15 is 0 Å². The number of halogens is 2. The van der Waals surface area contributed by atoms with E-state index < -0.39 is 16.6 Å². The highest BCUT2D eigenvalue weighted by Crippen LogP contribution is 2.30. The summed E-state index contributed by atoms with van der Waals surface area (Å²) in [5, 5.41) is 0.778. The van der Waals surface area contributed by atoms with Gasteiger partial charge in [0.25, 0.3) is 0 Å². The summed E-state index contributed by atoms with van der Waals surface area (Å²) >= 11 is 1.51. The average molecular weight is 498 g/mol. The van der Waals surface area contributed by atoms with Crippen LogP contribution >= 0.6 is 11.8 Å². The van der Waals surface area contributed by atoms with E-state index in [2.05, 4.69) is 16.2 Å². The molecule has 33 heavy (non-hydrogen) atoms. The first-order valence-corrected chi connectivity index (χ1v) is 13.1.